The lowest BCUT2D eigenvalue weighted by atomic mass is 10.3. The summed E-state index contributed by atoms with van der Waals surface area (Å²) in [5, 5.41) is 4.60. The molecule has 0 aliphatic heterocycles. The number of aromatic nitrogens is 4. The summed E-state index contributed by atoms with van der Waals surface area (Å²) in [5.74, 6) is 0. The minimum absolute atomic E-state index is 0.232. The number of nitrogens with zero attached hydrogens (tertiary/aromatic N) is 4. The lowest BCUT2D eigenvalue weighted by Crippen LogP contribution is -2.14. The van der Waals surface area contributed by atoms with Gasteiger partial charge < -0.3 is 0 Å². The Labute approximate surface area is 107 Å². The van der Waals surface area contributed by atoms with Gasteiger partial charge in [0.1, 0.15) is 0 Å². The number of hydrogen-bond donors (Lipinski definition) is 0. The van der Waals surface area contributed by atoms with E-state index in [4.69, 9.17) is 11.6 Å². The van der Waals surface area contributed by atoms with E-state index in [0.717, 1.165) is 0 Å². The van der Waals surface area contributed by atoms with Crippen LogP contribution in [0.25, 0.3) is 22.2 Å². The maximum atomic E-state index is 11.8. The van der Waals surface area contributed by atoms with E-state index in [1.165, 1.54) is 6.20 Å². The molecule has 3 aromatic rings. The number of benzene rings is 1. The average Bonchev–Trinajstić information content (AvgIpc) is 2.38. The van der Waals surface area contributed by atoms with Crippen LogP contribution < -0.4 is 5.43 Å². The van der Waals surface area contributed by atoms with Crippen LogP contribution in [0.4, 0.5) is 0 Å². The molecule has 0 bridgehead atoms. The van der Waals surface area contributed by atoms with Crippen LogP contribution in [0.2, 0.25) is 5.02 Å². The van der Waals surface area contributed by atoms with E-state index in [2.05, 4.69) is 15.1 Å². The highest BCUT2D eigenvalue weighted by Gasteiger charge is 2.08. The summed E-state index contributed by atoms with van der Waals surface area (Å²) >= 11 is 5.90. The van der Waals surface area contributed by atoms with Gasteiger partial charge in [0.2, 0.25) is 5.43 Å². The van der Waals surface area contributed by atoms with Crippen molar-refractivity contribution in [1.29, 1.82) is 0 Å². The van der Waals surface area contributed by atoms with Crippen molar-refractivity contribution < 1.29 is 0 Å². The van der Waals surface area contributed by atoms with Gasteiger partial charge in [-0.2, -0.15) is 5.10 Å². The summed E-state index contributed by atoms with van der Waals surface area (Å²) in [5.41, 5.74) is 1.90. The van der Waals surface area contributed by atoms with Crippen molar-refractivity contribution in [2.75, 3.05) is 0 Å². The molecule has 0 radical (unpaired) electrons. The van der Waals surface area contributed by atoms with Crippen molar-refractivity contribution in [3.05, 3.63) is 39.6 Å². The van der Waals surface area contributed by atoms with Crippen molar-refractivity contribution >= 4 is 33.8 Å². The number of rotatable bonds is 1. The highest BCUT2D eigenvalue weighted by atomic mass is 35.5. The predicted octanol–water partition coefficient (Wildman–Crippen LogP) is 2.01. The van der Waals surface area contributed by atoms with Crippen LogP contribution in [0.5, 0.6) is 0 Å². The molecule has 1 aromatic carbocycles. The highest BCUT2D eigenvalue weighted by Crippen LogP contribution is 2.17. The Kier molecular flexibility index (Phi) is 2.48. The van der Waals surface area contributed by atoms with Crippen LogP contribution in [0, 0.1) is 0 Å². The summed E-state index contributed by atoms with van der Waals surface area (Å²) < 4.78 is 1.65. The van der Waals surface area contributed by atoms with Gasteiger partial charge in [-0.05, 0) is 25.1 Å². The summed E-state index contributed by atoms with van der Waals surface area (Å²) in [6.45, 7) is 2.56. The molecule has 0 atom stereocenters. The second-order valence-corrected chi connectivity index (χ2v) is 4.29. The topological polar surface area (TPSA) is 60.7 Å². The Hall–Kier alpha value is -2.01. The number of halogens is 1. The van der Waals surface area contributed by atoms with Gasteiger partial charge in [0.15, 0.2) is 11.2 Å². The van der Waals surface area contributed by atoms with Crippen LogP contribution >= 0.6 is 11.6 Å². The van der Waals surface area contributed by atoms with Crippen molar-refractivity contribution in [1.82, 2.24) is 19.7 Å². The zero-order valence-corrected chi connectivity index (χ0v) is 10.3. The van der Waals surface area contributed by atoms with Gasteiger partial charge in [0.25, 0.3) is 0 Å². The third-order valence-corrected chi connectivity index (χ3v) is 2.93. The number of aryl methyl sites for hydroxylation is 1. The minimum atomic E-state index is -0.232. The molecule has 90 valence electrons. The number of hydrogen-bond acceptors (Lipinski definition) is 4. The number of fused-ring (bicyclic) bond motifs is 2. The molecular weight excluding hydrogens is 252 g/mol. The van der Waals surface area contributed by atoms with Gasteiger partial charge in [-0.15, -0.1) is 0 Å². The first-order chi connectivity index (χ1) is 8.69. The maximum absolute atomic E-state index is 11.8. The molecule has 0 saturated heterocycles. The molecule has 6 heteroatoms. The van der Waals surface area contributed by atoms with Crippen molar-refractivity contribution in [3.8, 4) is 0 Å². The fraction of sp³-hybridized carbons (Fsp3) is 0.167. The van der Waals surface area contributed by atoms with E-state index >= 15 is 0 Å². The molecule has 0 saturated carbocycles. The summed E-state index contributed by atoms with van der Waals surface area (Å²) in [6, 6.07) is 5.22. The van der Waals surface area contributed by atoms with E-state index in [1.807, 2.05) is 6.92 Å². The van der Waals surface area contributed by atoms with E-state index in [-0.39, 0.29) is 5.43 Å². The van der Waals surface area contributed by atoms with E-state index in [9.17, 15) is 4.79 Å². The fourth-order valence-electron chi connectivity index (χ4n) is 1.83. The molecule has 0 amide bonds. The second kappa shape index (κ2) is 4.03. The van der Waals surface area contributed by atoms with Crippen molar-refractivity contribution in [2.24, 2.45) is 0 Å². The van der Waals surface area contributed by atoms with Gasteiger partial charge in [-0.3, -0.25) is 4.79 Å². The van der Waals surface area contributed by atoms with Crippen LogP contribution in [0.3, 0.4) is 0 Å². The summed E-state index contributed by atoms with van der Waals surface area (Å²) in [7, 11) is 0. The lowest BCUT2D eigenvalue weighted by Gasteiger charge is -2.06. The minimum Gasteiger partial charge on any atom is -0.286 e. The van der Waals surface area contributed by atoms with E-state index < -0.39 is 0 Å². The molecule has 3 rings (SSSR count). The average molecular weight is 261 g/mol. The predicted molar refractivity (Wildman–Crippen MR) is 69.8 cm³/mol. The van der Waals surface area contributed by atoms with Crippen molar-refractivity contribution in [3.63, 3.8) is 0 Å². The zero-order valence-electron chi connectivity index (χ0n) is 9.59. The third kappa shape index (κ3) is 1.64. The largest absolute Gasteiger partial charge is 0.286 e. The molecule has 2 aromatic heterocycles. The molecule has 18 heavy (non-hydrogen) atoms. The monoisotopic (exact) mass is 260 g/mol. The lowest BCUT2D eigenvalue weighted by molar-refractivity contribution is 0.660. The maximum Gasteiger partial charge on any atom is 0.228 e. The zero-order chi connectivity index (χ0) is 12.7. The first-order valence-electron chi connectivity index (χ1n) is 5.52. The Morgan fingerprint density at radius 2 is 2.11 bits per heavy atom. The molecule has 0 N–H and O–H groups in total. The van der Waals surface area contributed by atoms with Crippen LogP contribution in [-0.4, -0.2) is 19.7 Å². The van der Waals surface area contributed by atoms with Crippen LogP contribution in [0.15, 0.2) is 29.2 Å². The quantitative estimate of drug-likeness (QED) is 0.628. The van der Waals surface area contributed by atoms with E-state index in [0.29, 0.717) is 33.8 Å². The third-order valence-electron chi connectivity index (χ3n) is 2.70. The van der Waals surface area contributed by atoms with Gasteiger partial charge in [0.05, 0.1) is 17.2 Å². The molecule has 5 nitrogen and oxygen atoms in total. The molecular formula is C12H9ClN4O. The van der Waals surface area contributed by atoms with Gasteiger partial charge in [-0.25, -0.2) is 14.6 Å². The fourth-order valence-corrected chi connectivity index (χ4v) is 2.00. The molecule has 0 spiro atoms. The first kappa shape index (κ1) is 11.1. The molecule has 0 unspecified atom stereocenters. The smallest absolute Gasteiger partial charge is 0.228 e. The van der Waals surface area contributed by atoms with Crippen LogP contribution in [0.1, 0.15) is 6.92 Å². The molecule has 2 heterocycles. The summed E-state index contributed by atoms with van der Waals surface area (Å²) in [6.07, 6.45) is 1.26. The Morgan fingerprint density at radius 3 is 2.89 bits per heavy atom. The highest BCUT2D eigenvalue weighted by molar-refractivity contribution is 6.31. The molecule has 0 aliphatic rings. The summed E-state index contributed by atoms with van der Waals surface area (Å²) in [4.78, 5) is 20.5. The van der Waals surface area contributed by atoms with Crippen LogP contribution in [-0.2, 0) is 6.54 Å². The van der Waals surface area contributed by atoms with Gasteiger partial charge in [-0.1, -0.05) is 11.6 Å². The van der Waals surface area contributed by atoms with Gasteiger partial charge >= 0.3 is 0 Å². The SMILES string of the molecule is CCn1ncc(=O)c2nc3cc(Cl)ccc3nc21. The molecule has 0 fully saturated rings. The Bertz CT molecular complexity index is 812. The Balaban J connectivity index is 2.51. The standard InChI is InChI=1S/C12H9ClN4O/c1-2-17-12-11(10(18)6-14-17)15-9-5-7(13)3-4-8(9)16-12/h3-6H,2H2,1H3. The first-order valence-corrected chi connectivity index (χ1v) is 5.90. The van der Waals surface area contributed by atoms with Crippen molar-refractivity contribution in [2.45, 2.75) is 13.5 Å². The second-order valence-electron chi connectivity index (χ2n) is 3.85. The van der Waals surface area contributed by atoms with E-state index in [1.54, 1.807) is 22.9 Å². The van der Waals surface area contributed by atoms with Gasteiger partial charge in [0, 0.05) is 11.6 Å². The molecule has 0 aliphatic carbocycles. The normalized spacial score (nSPS) is 11.2. The Morgan fingerprint density at radius 1 is 1.28 bits per heavy atom.